The first kappa shape index (κ1) is 18.2. The molecule has 0 heterocycles. The summed E-state index contributed by atoms with van der Waals surface area (Å²) in [6, 6.07) is 4.11. The second-order valence-corrected chi connectivity index (χ2v) is 9.05. The minimum Gasteiger partial charge on any atom is -0.207 e. The number of rotatable bonds is 3. The van der Waals surface area contributed by atoms with Crippen LogP contribution in [0.4, 0.5) is 8.78 Å². The van der Waals surface area contributed by atoms with E-state index in [1.165, 1.54) is 38.5 Å². The van der Waals surface area contributed by atoms with Crippen molar-refractivity contribution >= 4 is 0 Å². The Balaban J connectivity index is 1.41. The molecule has 6 unspecified atom stereocenters. The van der Waals surface area contributed by atoms with Gasteiger partial charge in [-0.2, -0.15) is 0 Å². The summed E-state index contributed by atoms with van der Waals surface area (Å²) in [6.07, 6.45) is 16.3. The molecule has 3 aliphatic rings. The van der Waals surface area contributed by atoms with E-state index in [9.17, 15) is 8.78 Å². The molecule has 0 saturated heterocycles. The van der Waals surface area contributed by atoms with E-state index in [-0.39, 0.29) is 0 Å². The van der Waals surface area contributed by atoms with Gasteiger partial charge in [0, 0.05) is 6.07 Å². The van der Waals surface area contributed by atoms with Gasteiger partial charge in [0.25, 0.3) is 0 Å². The maximum atomic E-state index is 13.6. The molecule has 1 aromatic carbocycles. The molecule has 0 spiro atoms. The van der Waals surface area contributed by atoms with Crippen LogP contribution in [0.15, 0.2) is 30.4 Å². The number of halogens is 2. The first-order valence-electron chi connectivity index (χ1n) is 10.8. The van der Waals surface area contributed by atoms with Gasteiger partial charge >= 0.3 is 0 Å². The van der Waals surface area contributed by atoms with Crippen LogP contribution in [-0.4, -0.2) is 0 Å². The van der Waals surface area contributed by atoms with Crippen LogP contribution in [0.25, 0.3) is 0 Å². The van der Waals surface area contributed by atoms with Gasteiger partial charge in [0.05, 0.1) is 0 Å². The molecular formula is C24H32F2. The number of hydrogen-bond donors (Lipinski definition) is 0. The average Bonchev–Trinajstić information content (AvgIpc) is 2.64. The number of benzene rings is 1. The van der Waals surface area contributed by atoms with Crippen molar-refractivity contribution in [1.82, 2.24) is 0 Å². The van der Waals surface area contributed by atoms with Crippen LogP contribution >= 0.6 is 0 Å². The van der Waals surface area contributed by atoms with Crippen molar-refractivity contribution in [3.05, 3.63) is 47.5 Å². The van der Waals surface area contributed by atoms with Crippen molar-refractivity contribution in [2.75, 3.05) is 0 Å². The summed E-state index contributed by atoms with van der Waals surface area (Å²) >= 11 is 0. The highest BCUT2D eigenvalue weighted by molar-refractivity contribution is 5.23. The van der Waals surface area contributed by atoms with Gasteiger partial charge in [-0.15, -0.1) is 0 Å². The van der Waals surface area contributed by atoms with Gasteiger partial charge in [-0.25, -0.2) is 8.78 Å². The van der Waals surface area contributed by atoms with Crippen molar-refractivity contribution in [3.63, 3.8) is 0 Å². The Morgan fingerprint density at radius 2 is 1.50 bits per heavy atom. The molecule has 26 heavy (non-hydrogen) atoms. The van der Waals surface area contributed by atoms with E-state index in [4.69, 9.17) is 0 Å². The molecular weight excluding hydrogens is 326 g/mol. The van der Waals surface area contributed by atoms with E-state index >= 15 is 0 Å². The minimum atomic E-state index is -0.427. The summed E-state index contributed by atoms with van der Waals surface area (Å²) < 4.78 is 27.2. The zero-order valence-corrected chi connectivity index (χ0v) is 16.0. The van der Waals surface area contributed by atoms with E-state index in [1.807, 2.05) is 0 Å². The highest BCUT2D eigenvalue weighted by atomic mass is 19.1. The Morgan fingerprint density at radius 3 is 2.19 bits per heavy atom. The Hall–Kier alpha value is -1.18. The molecule has 0 aliphatic heterocycles. The molecule has 6 atom stereocenters. The second-order valence-electron chi connectivity index (χ2n) is 9.05. The predicted octanol–water partition coefficient (Wildman–Crippen LogP) is 7.26. The maximum absolute atomic E-state index is 13.6. The van der Waals surface area contributed by atoms with Gasteiger partial charge < -0.3 is 0 Å². The molecule has 0 aromatic heterocycles. The fourth-order valence-electron chi connectivity index (χ4n) is 6.45. The molecule has 2 heteroatoms. The first-order chi connectivity index (χ1) is 12.6. The van der Waals surface area contributed by atoms with Crippen LogP contribution in [0.3, 0.4) is 0 Å². The average molecular weight is 359 g/mol. The number of allylic oxidation sites excluding steroid dienone is 2. The molecule has 3 fully saturated rings. The van der Waals surface area contributed by atoms with E-state index in [2.05, 4.69) is 19.1 Å². The lowest BCUT2D eigenvalue weighted by atomic mass is 9.55. The van der Waals surface area contributed by atoms with Gasteiger partial charge in [-0.1, -0.05) is 19.1 Å². The molecule has 0 bridgehead atoms. The summed E-state index contributed by atoms with van der Waals surface area (Å²) in [4.78, 5) is 0. The summed E-state index contributed by atoms with van der Waals surface area (Å²) in [7, 11) is 0. The molecule has 3 saturated carbocycles. The van der Waals surface area contributed by atoms with Crippen molar-refractivity contribution < 1.29 is 8.78 Å². The Kier molecular flexibility index (Phi) is 5.47. The standard InChI is InChI=1S/C24H32F2/c1-2-3-4-16-5-9-23-18(11-16)6-7-19-12-17(8-10-24(19)23)20-13-21(25)15-22(26)14-20/h3-4,13-19,23-24H,2,5-12H2,1H3/b4-3+. The minimum absolute atomic E-state index is 0.349. The third-order valence-corrected chi connectivity index (χ3v) is 7.58. The largest absolute Gasteiger partial charge is 0.207 e. The third kappa shape index (κ3) is 3.75. The van der Waals surface area contributed by atoms with Gasteiger partial charge in [-0.05, 0) is 111 Å². The quantitative estimate of drug-likeness (QED) is 0.499. The maximum Gasteiger partial charge on any atom is 0.126 e. The topological polar surface area (TPSA) is 0 Å². The summed E-state index contributed by atoms with van der Waals surface area (Å²) in [5.41, 5.74) is 0.886. The van der Waals surface area contributed by atoms with Crippen LogP contribution < -0.4 is 0 Å². The fraction of sp³-hybridized carbons (Fsp3) is 0.667. The lowest BCUT2D eigenvalue weighted by molar-refractivity contribution is 0.0127. The van der Waals surface area contributed by atoms with Gasteiger partial charge in [0.1, 0.15) is 11.6 Å². The zero-order valence-electron chi connectivity index (χ0n) is 16.0. The lowest BCUT2D eigenvalue weighted by Crippen LogP contribution is -2.41. The van der Waals surface area contributed by atoms with Crippen LogP contribution in [0.1, 0.15) is 76.2 Å². The highest BCUT2D eigenvalue weighted by Gasteiger charge is 2.44. The van der Waals surface area contributed by atoms with E-state index < -0.39 is 11.6 Å². The normalized spacial score (nSPS) is 37.3. The Labute approximate surface area is 157 Å². The summed E-state index contributed by atoms with van der Waals surface area (Å²) in [5.74, 6) is 3.75. The Morgan fingerprint density at radius 1 is 0.846 bits per heavy atom. The smallest absolute Gasteiger partial charge is 0.126 e. The van der Waals surface area contributed by atoms with E-state index in [1.54, 1.807) is 12.1 Å². The van der Waals surface area contributed by atoms with Crippen molar-refractivity contribution in [3.8, 4) is 0 Å². The van der Waals surface area contributed by atoms with E-state index in [0.717, 1.165) is 60.5 Å². The predicted molar refractivity (Wildman–Crippen MR) is 103 cm³/mol. The molecule has 0 amide bonds. The number of hydrogen-bond acceptors (Lipinski definition) is 0. The van der Waals surface area contributed by atoms with Gasteiger partial charge in [0.15, 0.2) is 0 Å². The lowest BCUT2D eigenvalue weighted by Gasteiger charge is -2.50. The molecule has 1 aromatic rings. The molecule has 0 radical (unpaired) electrons. The Bertz CT molecular complexity index is 629. The van der Waals surface area contributed by atoms with E-state index in [0.29, 0.717) is 5.92 Å². The monoisotopic (exact) mass is 358 g/mol. The van der Waals surface area contributed by atoms with Gasteiger partial charge in [0.2, 0.25) is 0 Å². The molecule has 142 valence electrons. The van der Waals surface area contributed by atoms with Crippen LogP contribution in [0, 0.1) is 41.2 Å². The van der Waals surface area contributed by atoms with Crippen LogP contribution in [0.2, 0.25) is 0 Å². The van der Waals surface area contributed by atoms with Crippen molar-refractivity contribution in [2.45, 2.75) is 70.6 Å². The highest BCUT2D eigenvalue weighted by Crippen LogP contribution is 2.54. The van der Waals surface area contributed by atoms with Gasteiger partial charge in [-0.3, -0.25) is 0 Å². The molecule has 4 rings (SSSR count). The fourth-order valence-corrected chi connectivity index (χ4v) is 6.45. The third-order valence-electron chi connectivity index (χ3n) is 7.58. The molecule has 0 N–H and O–H groups in total. The second kappa shape index (κ2) is 7.82. The SMILES string of the molecule is CC/C=C/C1CCC2C(CCC3CC(c4cc(F)cc(F)c4)CCC32)C1. The summed E-state index contributed by atoms with van der Waals surface area (Å²) in [6.45, 7) is 2.22. The summed E-state index contributed by atoms with van der Waals surface area (Å²) in [5, 5.41) is 0. The van der Waals surface area contributed by atoms with Crippen molar-refractivity contribution in [1.29, 1.82) is 0 Å². The zero-order chi connectivity index (χ0) is 18.1. The van der Waals surface area contributed by atoms with Crippen LogP contribution in [0.5, 0.6) is 0 Å². The molecule has 0 nitrogen and oxygen atoms in total. The van der Waals surface area contributed by atoms with Crippen LogP contribution in [-0.2, 0) is 0 Å². The number of fused-ring (bicyclic) bond motifs is 3. The molecule has 3 aliphatic carbocycles. The first-order valence-corrected chi connectivity index (χ1v) is 10.8. The van der Waals surface area contributed by atoms with Crippen molar-refractivity contribution in [2.24, 2.45) is 29.6 Å².